The fraction of sp³-hybridized carbons (Fsp3) is 0.818. The molecule has 0 saturated heterocycles. The lowest BCUT2D eigenvalue weighted by Gasteiger charge is -2.25. The van der Waals surface area contributed by atoms with Gasteiger partial charge in [-0.3, -0.25) is 4.79 Å². The molecule has 1 aliphatic rings. The number of carboxylic acid groups (broad SMARTS) is 1. The molecule has 1 amide bonds. The summed E-state index contributed by atoms with van der Waals surface area (Å²) in [5.74, 6) is -0.655. The second kappa shape index (κ2) is 6.48. The zero-order valence-electron chi connectivity index (χ0n) is 9.57. The number of aliphatic carboxylic acids is 1. The summed E-state index contributed by atoms with van der Waals surface area (Å²) < 4.78 is 5.27. The third-order valence-electron chi connectivity index (χ3n) is 2.86. The molecule has 1 unspecified atom stereocenters. The molecule has 0 heterocycles. The maximum atomic E-state index is 10.7. The van der Waals surface area contributed by atoms with E-state index in [9.17, 15) is 9.59 Å². The number of carboxylic acids is 1. The summed E-state index contributed by atoms with van der Waals surface area (Å²) in [4.78, 5) is 21.5. The van der Waals surface area contributed by atoms with Crippen LogP contribution < -0.4 is 5.32 Å². The molecule has 2 N–H and O–H groups in total. The van der Waals surface area contributed by atoms with Gasteiger partial charge in [0.25, 0.3) is 0 Å². The van der Waals surface area contributed by atoms with Gasteiger partial charge in [0.05, 0.1) is 6.61 Å². The summed E-state index contributed by atoms with van der Waals surface area (Å²) in [5, 5.41) is 11.1. The number of amides is 1. The Morgan fingerprint density at radius 1 is 1.50 bits per heavy atom. The number of rotatable bonds is 7. The minimum Gasteiger partial charge on any atom is -0.480 e. The van der Waals surface area contributed by atoms with Gasteiger partial charge in [-0.15, -0.1) is 0 Å². The Morgan fingerprint density at radius 3 is 2.62 bits per heavy atom. The van der Waals surface area contributed by atoms with Gasteiger partial charge in [-0.1, -0.05) is 19.3 Å². The Balaban J connectivity index is 2.11. The SMILES string of the molecule is CC(=O)NC(COCCC1CCC1)C(=O)O. The van der Waals surface area contributed by atoms with Crippen LogP contribution >= 0.6 is 0 Å². The van der Waals surface area contributed by atoms with Crippen molar-refractivity contribution in [1.29, 1.82) is 0 Å². The van der Waals surface area contributed by atoms with Crippen molar-refractivity contribution in [1.82, 2.24) is 5.32 Å². The van der Waals surface area contributed by atoms with Crippen LogP contribution in [-0.2, 0) is 14.3 Å². The molecule has 0 aliphatic heterocycles. The van der Waals surface area contributed by atoms with E-state index in [1.807, 2.05) is 0 Å². The molecule has 5 heteroatoms. The third kappa shape index (κ3) is 4.61. The fourth-order valence-corrected chi connectivity index (χ4v) is 1.65. The Hall–Kier alpha value is -1.10. The fourth-order valence-electron chi connectivity index (χ4n) is 1.65. The van der Waals surface area contributed by atoms with Gasteiger partial charge in [-0.05, 0) is 12.3 Å². The number of ether oxygens (including phenoxy) is 1. The van der Waals surface area contributed by atoms with E-state index in [1.165, 1.54) is 26.2 Å². The molecule has 0 aromatic rings. The number of carbonyl (C=O) groups is 2. The van der Waals surface area contributed by atoms with E-state index in [0.717, 1.165) is 12.3 Å². The van der Waals surface area contributed by atoms with Gasteiger partial charge >= 0.3 is 5.97 Å². The van der Waals surface area contributed by atoms with Gasteiger partial charge < -0.3 is 15.2 Å². The second-order valence-corrected chi connectivity index (χ2v) is 4.25. The van der Waals surface area contributed by atoms with E-state index in [4.69, 9.17) is 9.84 Å². The van der Waals surface area contributed by atoms with Gasteiger partial charge in [0, 0.05) is 13.5 Å². The summed E-state index contributed by atoms with van der Waals surface area (Å²) in [6, 6.07) is -0.932. The molecular formula is C11H19NO4. The molecule has 1 saturated carbocycles. The van der Waals surface area contributed by atoms with Crippen LogP contribution in [0.5, 0.6) is 0 Å². The molecule has 5 nitrogen and oxygen atoms in total. The number of hydrogen-bond acceptors (Lipinski definition) is 3. The van der Waals surface area contributed by atoms with Gasteiger partial charge in [0.1, 0.15) is 0 Å². The molecule has 0 bridgehead atoms. The van der Waals surface area contributed by atoms with E-state index in [-0.39, 0.29) is 12.5 Å². The molecule has 0 radical (unpaired) electrons. The predicted molar refractivity (Wildman–Crippen MR) is 58.0 cm³/mol. The van der Waals surface area contributed by atoms with Gasteiger partial charge in [0.15, 0.2) is 6.04 Å². The molecule has 0 aromatic heterocycles. The van der Waals surface area contributed by atoms with Crippen LogP contribution in [0.3, 0.4) is 0 Å². The zero-order chi connectivity index (χ0) is 12.0. The van der Waals surface area contributed by atoms with E-state index >= 15 is 0 Å². The van der Waals surface area contributed by atoms with E-state index in [1.54, 1.807) is 0 Å². The lowest BCUT2D eigenvalue weighted by Crippen LogP contribution is -2.43. The molecular weight excluding hydrogens is 210 g/mol. The van der Waals surface area contributed by atoms with Gasteiger partial charge in [0.2, 0.25) is 5.91 Å². The first-order chi connectivity index (χ1) is 7.59. The number of hydrogen-bond donors (Lipinski definition) is 2. The Bertz CT molecular complexity index is 250. The standard InChI is InChI=1S/C11H19NO4/c1-8(13)12-10(11(14)15)7-16-6-5-9-3-2-4-9/h9-10H,2-7H2,1H3,(H,12,13)(H,14,15). The van der Waals surface area contributed by atoms with Crippen LogP contribution in [0.15, 0.2) is 0 Å². The van der Waals surface area contributed by atoms with Crippen LogP contribution in [0.4, 0.5) is 0 Å². The summed E-state index contributed by atoms with van der Waals surface area (Å²) in [5.41, 5.74) is 0. The highest BCUT2D eigenvalue weighted by atomic mass is 16.5. The third-order valence-corrected chi connectivity index (χ3v) is 2.86. The van der Waals surface area contributed by atoms with Crippen molar-refractivity contribution in [2.45, 2.75) is 38.6 Å². The van der Waals surface area contributed by atoms with Crippen LogP contribution in [0.25, 0.3) is 0 Å². The van der Waals surface area contributed by atoms with Crippen molar-refractivity contribution >= 4 is 11.9 Å². The maximum absolute atomic E-state index is 10.7. The van der Waals surface area contributed by atoms with Crippen LogP contribution in [-0.4, -0.2) is 36.2 Å². The number of carbonyl (C=O) groups excluding carboxylic acids is 1. The smallest absolute Gasteiger partial charge is 0.328 e. The maximum Gasteiger partial charge on any atom is 0.328 e. The van der Waals surface area contributed by atoms with E-state index in [2.05, 4.69) is 5.32 Å². The minimum atomic E-state index is -1.06. The monoisotopic (exact) mass is 229 g/mol. The topological polar surface area (TPSA) is 75.6 Å². The second-order valence-electron chi connectivity index (χ2n) is 4.25. The van der Waals surface area contributed by atoms with Crippen molar-refractivity contribution in [3.8, 4) is 0 Å². The van der Waals surface area contributed by atoms with Crippen molar-refractivity contribution in [3.63, 3.8) is 0 Å². The average Bonchev–Trinajstić information content (AvgIpc) is 2.11. The van der Waals surface area contributed by atoms with Crippen molar-refractivity contribution in [2.75, 3.05) is 13.2 Å². The highest BCUT2D eigenvalue weighted by molar-refractivity contribution is 5.82. The van der Waals surface area contributed by atoms with E-state index in [0.29, 0.717) is 6.61 Å². The minimum absolute atomic E-state index is 0.0433. The molecule has 1 aliphatic carbocycles. The first-order valence-electron chi connectivity index (χ1n) is 5.67. The van der Waals surface area contributed by atoms with Gasteiger partial charge in [-0.2, -0.15) is 0 Å². The first kappa shape index (κ1) is 13.0. The normalized spacial score (nSPS) is 17.6. The largest absolute Gasteiger partial charge is 0.480 e. The quantitative estimate of drug-likeness (QED) is 0.633. The summed E-state index contributed by atoms with van der Waals surface area (Å²) >= 11 is 0. The molecule has 92 valence electrons. The van der Waals surface area contributed by atoms with Crippen molar-refractivity contribution < 1.29 is 19.4 Å². The predicted octanol–water partition coefficient (Wildman–Crippen LogP) is 0.782. The number of nitrogens with one attached hydrogen (secondary N) is 1. The molecule has 1 atom stereocenters. The Kier molecular flexibility index (Phi) is 5.25. The molecule has 16 heavy (non-hydrogen) atoms. The zero-order valence-corrected chi connectivity index (χ0v) is 9.57. The van der Waals surface area contributed by atoms with Crippen molar-refractivity contribution in [3.05, 3.63) is 0 Å². The van der Waals surface area contributed by atoms with Gasteiger partial charge in [-0.25, -0.2) is 4.79 Å². The van der Waals surface area contributed by atoms with Crippen molar-refractivity contribution in [2.24, 2.45) is 5.92 Å². The molecule has 1 rings (SSSR count). The summed E-state index contributed by atoms with van der Waals surface area (Å²) in [6.07, 6.45) is 4.82. The molecule has 1 fully saturated rings. The first-order valence-corrected chi connectivity index (χ1v) is 5.67. The van der Waals surface area contributed by atoms with Crippen LogP contribution in [0.1, 0.15) is 32.6 Å². The molecule has 0 spiro atoms. The summed E-state index contributed by atoms with van der Waals surface area (Å²) in [7, 11) is 0. The van der Waals surface area contributed by atoms with E-state index < -0.39 is 12.0 Å². The highest BCUT2D eigenvalue weighted by Gasteiger charge is 2.20. The molecule has 0 aromatic carbocycles. The van der Waals surface area contributed by atoms with Crippen LogP contribution in [0.2, 0.25) is 0 Å². The lowest BCUT2D eigenvalue weighted by atomic mass is 9.83. The Labute approximate surface area is 95.2 Å². The average molecular weight is 229 g/mol. The lowest BCUT2D eigenvalue weighted by molar-refractivity contribution is -0.143. The summed E-state index contributed by atoms with van der Waals surface area (Å²) in [6.45, 7) is 1.92. The highest BCUT2D eigenvalue weighted by Crippen LogP contribution is 2.29. The Morgan fingerprint density at radius 2 is 2.19 bits per heavy atom. The van der Waals surface area contributed by atoms with Crippen LogP contribution in [0, 0.1) is 5.92 Å².